The average molecular weight is 338 g/mol. The van der Waals surface area contributed by atoms with Gasteiger partial charge >= 0.3 is 0 Å². The summed E-state index contributed by atoms with van der Waals surface area (Å²) in [5.41, 5.74) is 0.804. The van der Waals surface area contributed by atoms with Crippen LogP contribution in [0.3, 0.4) is 0 Å². The summed E-state index contributed by atoms with van der Waals surface area (Å²) in [7, 11) is 1.48. The van der Waals surface area contributed by atoms with Crippen molar-refractivity contribution >= 4 is 23.2 Å². The van der Waals surface area contributed by atoms with Gasteiger partial charge in [-0.15, -0.1) is 0 Å². The lowest BCUT2D eigenvalue weighted by molar-refractivity contribution is 0.102. The van der Waals surface area contributed by atoms with E-state index in [0.717, 1.165) is 6.42 Å². The lowest BCUT2D eigenvalue weighted by Gasteiger charge is -2.14. The first-order chi connectivity index (χ1) is 11.0. The van der Waals surface area contributed by atoms with Gasteiger partial charge < -0.3 is 14.8 Å². The molecule has 0 radical (unpaired) electrons. The monoisotopic (exact) mass is 337 g/mol. The third-order valence-corrected chi connectivity index (χ3v) is 3.32. The number of benzene rings is 2. The van der Waals surface area contributed by atoms with E-state index in [2.05, 4.69) is 5.32 Å². The molecule has 0 aliphatic carbocycles. The number of hydrogen-bond donors (Lipinski definition) is 1. The molecule has 0 aliphatic heterocycles. The zero-order valence-corrected chi connectivity index (χ0v) is 13.6. The van der Waals surface area contributed by atoms with Gasteiger partial charge in [-0.25, -0.2) is 4.39 Å². The van der Waals surface area contributed by atoms with E-state index in [9.17, 15) is 9.18 Å². The molecule has 0 saturated carbocycles. The van der Waals surface area contributed by atoms with Crippen LogP contribution in [0.4, 0.5) is 10.1 Å². The van der Waals surface area contributed by atoms with Crippen molar-refractivity contribution in [3.8, 4) is 11.5 Å². The molecule has 0 aromatic heterocycles. The molecule has 2 aromatic carbocycles. The molecule has 0 saturated heterocycles. The Morgan fingerprint density at radius 3 is 2.57 bits per heavy atom. The number of ether oxygens (including phenoxy) is 2. The van der Waals surface area contributed by atoms with Crippen molar-refractivity contribution in [3.63, 3.8) is 0 Å². The number of rotatable bonds is 6. The van der Waals surface area contributed by atoms with Crippen LogP contribution in [-0.4, -0.2) is 19.6 Å². The summed E-state index contributed by atoms with van der Waals surface area (Å²) in [6, 6.07) is 8.55. The topological polar surface area (TPSA) is 47.6 Å². The average Bonchev–Trinajstić information content (AvgIpc) is 2.55. The van der Waals surface area contributed by atoms with E-state index in [1.165, 1.54) is 37.4 Å². The molecule has 1 N–H and O–H groups in total. The van der Waals surface area contributed by atoms with E-state index in [1.54, 1.807) is 6.07 Å². The summed E-state index contributed by atoms with van der Waals surface area (Å²) in [5.74, 6) is 0.0496. The second kappa shape index (κ2) is 7.83. The van der Waals surface area contributed by atoms with Gasteiger partial charge in [0.15, 0.2) is 11.5 Å². The van der Waals surface area contributed by atoms with E-state index in [-0.39, 0.29) is 11.7 Å². The molecule has 2 rings (SSSR count). The number of hydrogen-bond acceptors (Lipinski definition) is 3. The molecule has 6 heteroatoms. The molecule has 0 fully saturated rings. The first-order valence-electron chi connectivity index (χ1n) is 7.12. The van der Waals surface area contributed by atoms with E-state index in [1.807, 2.05) is 6.92 Å². The summed E-state index contributed by atoms with van der Waals surface area (Å²) < 4.78 is 23.7. The number of methoxy groups -OCH3 is 1. The molecule has 4 nitrogen and oxygen atoms in total. The first-order valence-corrected chi connectivity index (χ1v) is 7.50. The molecular formula is C17H17ClFNO3. The van der Waals surface area contributed by atoms with Gasteiger partial charge in [-0.1, -0.05) is 18.5 Å². The van der Waals surface area contributed by atoms with Crippen molar-refractivity contribution < 1.29 is 18.7 Å². The largest absolute Gasteiger partial charge is 0.493 e. The first kappa shape index (κ1) is 17.1. The van der Waals surface area contributed by atoms with Gasteiger partial charge in [0.25, 0.3) is 5.91 Å². The van der Waals surface area contributed by atoms with Crippen molar-refractivity contribution in [3.05, 3.63) is 52.8 Å². The fourth-order valence-electron chi connectivity index (χ4n) is 1.93. The highest BCUT2D eigenvalue weighted by Gasteiger charge is 2.16. The van der Waals surface area contributed by atoms with E-state index < -0.39 is 0 Å². The van der Waals surface area contributed by atoms with Crippen LogP contribution in [-0.2, 0) is 0 Å². The Morgan fingerprint density at radius 1 is 1.26 bits per heavy atom. The summed E-state index contributed by atoms with van der Waals surface area (Å²) in [6.45, 7) is 2.47. The minimum absolute atomic E-state index is 0.294. The maximum absolute atomic E-state index is 12.9. The number of anilines is 1. The van der Waals surface area contributed by atoms with Gasteiger partial charge in [-0.3, -0.25) is 4.79 Å². The van der Waals surface area contributed by atoms with Crippen LogP contribution in [0.1, 0.15) is 23.7 Å². The highest BCUT2D eigenvalue weighted by atomic mass is 35.5. The predicted molar refractivity (Wildman–Crippen MR) is 88.1 cm³/mol. The Kier molecular flexibility index (Phi) is 5.82. The molecule has 23 heavy (non-hydrogen) atoms. The van der Waals surface area contributed by atoms with Gasteiger partial charge in [0.1, 0.15) is 5.82 Å². The van der Waals surface area contributed by atoms with Crippen LogP contribution in [0.25, 0.3) is 0 Å². The maximum Gasteiger partial charge on any atom is 0.255 e. The summed E-state index contributed by atoms with van der Waals surface area (Å²) >= 11 is 6.18. The lowest BCUT2D eigenvalue weighted by atomic mass is 10.1. The SMILES string of the molecule is CCCOc1c(Cl)cc(C(=O)Nc2ccc(F)cc2)cc1OC. The molecule has 0 atom stereocenters. The minimum Gasteiger partial charge on any atom is -0.493 e. The molecule has 0 unspecified atom stereocenters. The van der Waals surface area contributed by atoms with Crippen molar-refractivity contribution in [2.45, 2.75) is 13.3 Å². The molecule has 122 valence electrons. The zero-order chi connectivity index (χ0) is 16.8. The Bertz CT molecular complexity index is 689. The fourth-order valence-corrected chi connectivity index (χ4v) is 2.20. The zero-order valence-electron chi connectivity index (χ0n) is 12.9. The molecule has 0 spiro atoms. The standard InChI is InChI=1S/C17H17ClFNO3/c1-3-8-23-16-14(18)9-11(10-15(16)22-2)17(21)20-13-6-4-12(19)5-7-13/h4-7,9-10H,3,8H2,1-2H3,(H,20,21). The van der Waals surface area contributed by atoms with Gasteiger partial charge in [0.05, 0.1) is 18.7 Å². The number of carbonyl (C=O) groups excluding carboxylic acids is 1. The van der Waals surface area contributed by atoms with Gasteiger partial charge in [-0.05, 0) is 42.8 Å². The quantitative estimate of drug-likeness (QED) is 0.842. The van der Waals surface area contributed by atoms with Crippen LogP contribution in [0.15, 0.2) is 36.4 Å². The van der Waals surface area contributed by atoms with Crippen molar-refractivity contribution in [1.29, 1.82) is 0 Å². The molecule has 0 aliphatic rings. The highest BCUT2D eigenvalue weighted by Crippen LogP contribution is 2.36. The summed E-state index contributed by atoms with van der Waals surface area (Å²) in [5, 5.41) is 2.96. The van der Waals surface area contributed by atoms with Crippen molar-refractivity contribution in [2.24, 2.45) is 0 Å². The Labute approximate surface area is 139 Å². The van der Waals surface area contributed by atoms with Crippen LogP contribution in [0.2, 0.25) is 5.02 Å². The Morgan fingerprint density at radius 2 is 1.96 bits per heavy atom. The van der Waals surface area contributed by atoms with E-state index >= 15 is 0 Å². The van der Waals surface area contributed by atoms with Gasteiger partial charge in [-0.2, -0.15) is 0 Å². The molecule has 0 bridgehead atoms. The third-order valence-electron chi connectivity index (χ3n) is 3.04. The number of halogens is 2. The smallest absolute Gasteiger partial charge is 0.255 e. The number of nitrogens with one attached hydrogen (secondary N) is 1. The fraction of sp³-hybridized carbons (Fsp3) is 0.235. The number of carbonyl (C=O) groups is 1. The highest BCUT2D eigenvalue weighted by molar-refractivity contribution is 6.32. The van der Waals surface area contributed by atoms with Crippen LogP contribution in [0, 0.1) is 5.82 Å². The Balaban J connectivity index is 2.23. The second-order valence-electron chi connectivity index (χ2n) is 4.80. The molecule has 0 heterocycles. The van der Waals surface area contributed by atoms with Crippen LogP contribution in [0.5, 0.6) is 11.5 Å². The van der Waals surface area contributed by atoms with E-state index in [0.29, 0.717) is 34.4 Å². The summed E-state index contributed by atoms with van der Waals surface area (Å²) in [6.07, 6.45) is 0.826. The Hall–Kier alpha value is -2.27. The molecule has 2 aromatic rings. The van der Waals surface area contributed by atoms with E-state index in [4.69, 9.17) is 21.1 Å². The van der Waals surface area contributed by atoms with Crippen LogP contribution >= 0.6 is 11.6 Å². The predicted octanol–water partition coefficient (Wildman–Crippen LogP) is 4.53. The maximum atomic E-state index is 12.9. The summed E-state index contributed by atoms with van der Waals surface area (Å²) in [4.78, 5) is 12.3. The van der Waals surface area contributed by atoms with Gasteiger partial charge in [0.2, 0.25) is 0 Å². The van der Waals surface area contributed by atoms with Crippen molar-refractivity contribution in [2.75, 3.05) is 19.0 Å². The number of amides is 1. The minimum atomic E-state index is -0.376. The molecule has 1 amide bonds. The molecular weight excluding hydrogens is 321 g/mol. The van der Waals surface area contributed by atoms with Crippen molar-refractivity contribution in [1.82, 2.24) is 0 Å². The van der Waals surface area contributed by atoms with Gasteiger partial charge in [0, 0.05) is 11.3 Å². The second-order valence-corrected chi connectivity index (χ2v) is 5.21. The lowest BCUT2D eigenvalue weighted by Crippen LogP contribution is -2.12. The normalized spacial score (nSPS) is 10.3. The third kappa shape index (κ3) is 4.36. The van der Waals surface area contributed by atoms with Crippen LogP contribution < -0.4 is 14.8 Å².